The number of halogens is 1. The van der Waals surface area contributed by atoms with Gasteiger partial charge in [0.15, 0.2) is 0 Å². The van der Waals surface area contributed by atoms with Gasteiger partial charge < -0.3 is 5.11 Å². The largest absolute Gasteiger partial charge is 0.396 e. The third-order valence-electron chi connectivity index (χ3n) is 1.63. The Morgan fingerprint density at radius 3 is 2.69 bits per heavy atom. The Bertz CT molecular complexity index is 327. The van der Waals surface area contributed by atoms with Crippen LogP contribution in [0.15, 0.2) is 18.2 Å². The number of hydrogen-bond acceptors (Lipinski definition) is 3. The second kappa shape index (κ2) is 4.20. The first-order valence-electron chi connectivity index (χ1n) is 3.69. The van der Waals surface area contributed by atoms with Crippen molar-refractivity contribution in [2.24, 2.45) is 0 Å². The van der Waals surface area contributed by atoms with Crippen LogP contribution in [0.3, 0.4) is 0 Å². The monoisotopic (exact) mass is 201 g/mol. The van der Waals surface area contributed by atoms with Gasteiger partial charge in [0.05, 0.1) is 9.95 Å². The van der Waals surface area contributed by atoms with Crippen molar-refractivity contribution in [3.05, 3.63) is 38.9 Å². The minimum Gasteiger partial charge on any atom is -0.396 e. The molecule has 5 heteroatoms. The van der Waals surface area contributed by atoms with Crippen LogP contribution in [-0.2, 0) is 6.42 Å². The molecular formula is C8H8ClNO3. The molecular weight excluding hydrogens is 194 g/mol. The van der Waals surface area contributed by atoms with Crippen molar-refractivity contribution in [2.75, 3.05) is 6.61 Å². The van der Waals surface area contributed by atoms with Crippen molar-refractivity contribution in [3.8, 4) is 0 Å². The predicted octanol–water partition coefficient (Wildman–Crippen LogP) is 1.78. The zero-order valence-electron chi connectivity index (χ0n) is 6.74. The fraction of sp³-hybridized carbons (Fsp3) is 0.250. The Balaban J connectivity index is 2.98. The maximum Gasteiger partial charge on any atom is 0.270 e. The van der Waals surface area contributed by atoms with Crippen LogP contribution in [0.4, 0.5) is 5.69 Å². The molecule has 0 aliphatic heterocycles. The van der Waals surface area contributed by atoms with Crippen molar-refractivity contribution in [1.82, 2.24) is 0 Å². The Morgan fingerprint density at radius 2 is 2.23 bits per heavy atom. The molecule has 1 N–H and O–H groups in total. The Kier molecular flexibility index (Phi) is 3.22. The van der Waals surface area contributed by atoms with E-state index in [0.717, 1.165) is 5.56 Å². The van der Waals surface area contributed by atoms with E-state index in [9.17, 15) is 10.1 Å². The number of nitro groups is 1. The van der Waals surface area contributed by atoms with Gasteiger partial charge in [-0.3, -0.25) is 10.1 Å². The van der Waals surface area contributed by atoms with Crippen LogP contribution in [0.1, 0.15) is 5.56 Å². The first-order valence-corrected chi connectivity index (χ1v) is 4.06. The van der Waals surface area contributed by atoms with E-state index in [1.165, 1.54) is 12.1 Å². The second-order valence-electron chi connectivity index (χ2n) is 2.51. The fourth-order valence-corrected chi connectivity index (χ4v) is 1.24. The number of aliphatic hydroxyl groups excluding tert-OH is 1. The number of benzene rings is 1. The van der Waals surface area contributed by atoms with Gasteiger partial charge in [-0.25, -0.2) is 0 Å². The zero-order valence-corrected chi connectivity index (χ0v) is 7.49. The average molecular weight is 202 g/mol. The maximum atomic E-state index is 10.3. The molecule has 13 heavy (non-hydrogen) atoms. The molecule has 70 valence electrons. The molecule has 0 unspecified atom stereocenters. The highest BCUT2D eigenvalue weighted by molar-refractivity contribution is 6.31. The van der Waals surface area contributed by atoms with Gasteiger partial charge in [0, 0.05) is 18.7 Å². The van der Waals surface area contributed by atoms with E-state index in [0.29, 0.717) is 11.4 Å². The van der Waals surface area contributed by atoms with E-state index in [4.69, 9.17) is 16.7 Å². The summed E-state index contributed by atoms with van der Waals surface area (Å²) in [6.07, 6.45) is 0.414. The summed E-state index contributed by atoms with van der Waals surface area (Å²) < 4.78 is 0. The molecule has 0 fully saturated rings. The standard InChI is InChI=1S/C8H8ClNO3/c9-8-5-7(10(12)13)2-1-6(8)3-4-11/h1-2,5,11H,3-4H2. The van der Waals surface area contributed by atoms with Crippen LogP contribution in [0.25, 0.3) is 0 Å². The molecule has 0 radical (unpaired) electrons. The first kappa shape index (κ1) is 9.95. The number of non-ortho nitro benzene ring substituents is 1. The first-order chi connectivity index (χ1) is 6.15. The van der Waals surface area contributed by atoms with E-state index in [1.807, 2.05) is 0 Å². The van der Waals surface area contributed by atoms with Crippen molar-refractivity contribution in [2.45, 2.75) is 6.42 Å². The van der Waals surface area contributed by atoms with E-state index < -0.39 is 4.92 Å². The molecule has 0 aliphatic carbocycles. The number of rotatable bonds is 3. The summed E-state index contributed by atoms with van der Waals surface area (Å²) in [5, 5.41) is 19.3. The van der Waals surface area contributed by atoms with Crippen molar-refractivity contribution >= 4 is 17.3 Å². The van der Waals surface area contributed by atoms with Gasteiger partial charge in [-0.05, 0) is 12.0 Å². The lowest BCUT2D eigenvalue weighted by Gasteiger charge is -2.00. The highest BCUT2D eigenvalue weighted by atomic mass is 35.5. The summed E-state index contributed by atoms with van der Waals surface area (Å²) in [5.74, 6) is 0. The maximum absolute atomic E-state index is 10.3. The van der Waals surface area contributed by atoms with E-state index in [2.05, 4.69) is 0 Å². The van der Waals surface area contributed by atoms with E-state index in [-0.39, 0.29) is 12.3 Å². The molecule has 4 nitrogen and oxygen atoms in total. The van der Waals surface area contributed by atoms with E-state index in [1.54, 1.807) is 6.07 Å². The third kappa shape index (κ3) is 2.40. The molecule has 0 aromatic heterocycles. The average Bonchev–Trinajstić information content (AvgIpc) is 2.08. The molecule has 0 bridgehead atoms. The van der Waals surface area contributed by atoms with Crippen LogP contribution < -0.4 is 0 Å². The molecule has 1 aromatic carbocycles. The number of nitro benzene ring substituents is 1. The number of nitrogens with zero attached hydrogens (tertiary/aromatic N) is 1. The molecule has 0 amide bonds. The molecule has 0 atom stereocenters. The highest BCUT2D eigenvalue weighted by Crippen LogP contribution is 2.22. The van der Waals surface area contributed by atoms with Gasteiger partial charge in [0.25, 0.3) is 5.69 Å². The highest BCUT2D eigenvalue weighted by Gasteiger charge is 2.08. The summed E-state index contributed by atoms with van der Waals surface area (Å²) in [4.78, 5) is 9.81. The van der Waals surface area contributed by atoms with Crippen molar-refractivity contribution in [3.63, 3.8) is 0 Å². The van der Waals surface area contributed by atoms with Crippen LogP contribution in [0, 0.1) is 10.1 Å². The van der Waals surface area contributed by atoms with Gasteiger partial charge >= 0.3 is 0 Å². The molecule has 0 spiro atoms. The van der Waals surface area contributed by atoms with Gasteiger partial charge in [-0.15, -0.1) is 0 Å². The molecule has 0 saturated carbocycles. The smallest absolute Gasteiger partial charge is 0.270 e. The summed E-state index contributed by atoms with van der Waals surface area (Å²) in [6, 6.07) is 4.21. The molecule has 0 aliphatic rings. The zero-order chi connectivity index (χ0) is 9.84. The Morgan fingerprint density at radius 1 is 1.54 bits per heavy atom. The third-order valence-corrected chi connectivity index (χ3v) is 1.98. The normalized spacial score (nSPS) is 10.0. The molecule has 0 saturated heterocycles. The van der Waals surface area contributed by atoms with Crippen LogP contribution in [0.5, 0.6) is 0 Å². The van der Waals surface area contributed by atoms with Gasteiger partial charge in [0.2, 0.25) is 0 Å². The Hall–Kier alpha value is -1.13. The minimum absolute atomic E-state index is 0.0163. The topological polar surface area (TPSA) is 63.4 Å². The lowest BCUT2D eigenvalue weighted by atomic mass is 10.1. The SMILES string of the molecule is O=[N+]([O-])c1ccc(CCO)c(Cl)c1. The fourth-order valence-electron chi connectivity index (χ4n) is 0.973. The van der Waals surface area contributed by atoms with Crippen LogP contribution in [-0.4, -0.2) is 16.6 Å². The predicted molar refractivity (Wildman–Crippen MR) is 48.9 cm³/mol. The van der Waals surface area contributed by atoms with Gasteiger partial charge in [-0.1, -0.05) is 17.7 Å². The molecule has 1 rings (SSSR count). The van der Waals surface area contributed by atoms with Gasteiger partial charge in [0.1, 0.15) is 0 Å². The van der Waals surface area contributed by atoms with E-state index >= 15 is 0 Å². The summed E-state index contributed by atoms with van der Waals surface area (Å²) in [5.41, 5.74) is 0.682. The number of aliphatic hydroxyl groups is 1. The summed E-state index contributed by atoms with van der Waals surface area (Å²) in [7, 11) is 0. The molecule has 1 aromatic rings. The van der Waals surface area contributed by atoms with Gasteiger partial charge in [-0.2, -0.15) is 0 Å². The number of hydrogen-bond donors (Lipinski definition) is 1. The molecule has 0 heterocycles. The minimum atomic E-state index is -0.505. The lowest BCUT2D eigenvalue weighted by molar-refractivity contribution is -0.384. The van der Waals surface area contributed by atoms with Crippen LogP contribution in [0.2, 0.25) is 5.02 Å². The lowest BCUT2D eigenvalue weighted by Crippen LogP contribution is -1.93. The van der Waals surface area contributed by atoms with Crippen molar-refractivity contribution in [1.29, 1.82) is 0 Å². The van der Waals surface area contributed by atoms with Crippen molar-refractivity contribution < 1.29 is 10.0 Å². The quantitative estimate of drug-likeness (QED) is 0.599. The van der Waals surface area contributed by atoms with Crippen LogP contribution >= 0.6 is 11.6 Å². The summed E-state index contributed by atoms with van der Waals surface area (Å²) >= 11 is 5.74. The Labute approximate surface area is 79.9 Å². The second-order valence-corrected chi connectivity index (χ2v) is 2.91. The summed E-state index contributed by atoms with van der Waals surface area (Å²) in [6.45, 7) is -0.0163.